The van der Waals surface area contributed by atoms with E-state index in [0.29, 0.717) is 18.0 Å². The molecule has 1 aromatic rings. The van der Waals surface area contributed by atoms with Gasteiger partial charge >= 0.3 is 0 Å². The van der Waals surface area contributed by atoms with Crippen LogP contribution in [0.4, 0.5) is 0 Å². The molecule has 2 rings (SSSR count). The molecule has 1 aliphatic rings. The van der Waals surface area contributed by atoms with Crippen LogP contribution in [0, 0.1) is 6.92 Å². The molecule has 0 spiro atoms. The van der Waals surface area contributed by atoms with Crippen molar-refractivity contribution in [3.63, 3.8) is 0 Å². The molecule has 0 amide bonds. The molecule has 1 atom stereocenters. The maximum absolute atomic E-state index is 13.0. The van der Waals surface area contributed by atoms with Crippen LogP contribution in [0.25, 0.3) is 0 Å². The van der Waals surface area contributed by atoms with Crippen molar-refractivity contribution in [2.24, 2.45) is 0 Å². The van der Waals surface area contributed by atoms with Crippen LogP contribution in [0.15, 0.2) is 23.1 Å². The molecule has 118 valence electrons. The standard InChI is InChI=1S/C15H25N3O2S/c1-12-11-17(4)8-9-18(12)21(19,20)15-7-5-6-14(10-16-3)13(15)2/h5-7,12,16H,8-11H2,1-4H3. The van der Waals surface area contributed by atoms with Gasteiger partial charge in [-0.1, -0.05) is 12.1 Å². The highest BCUT2D eigenvalue weighted by Crippen LogP contribution is 2.25. The minimum Gasteiger partial charge on any atom is -0.316 e. The van der Waals surface area contributed by atoms with Crippen molar-refractivity contribution >= 4 is 10.0 Å². The lowest BCUT2D eigenvalue weighted by Gasteiger charge is -2.37. The molecule has 5 nitrogen and oxygen atoms in total. The van der Waals surface area contributed by atoms with E-state index in [1.807, 2.05) is 40.1 Å². The van der Waals surface area contributed by atoms with Gasteiger partial charge in [-0.15, -0.1) is 0 Å². The van der Waals surface area contributed by atoms with Crippen molar-refractivity contribution in [2.45, 2.75) is 31.3 Å². The van der Waals surface area contributed by atoms with Crippen molar-refractivity contribution in [3.05, 3.63) is 29.3 Å². The van der Waals surface area contributed by atoms with Crippen molar-refractivity contribution in [3.8, 4) is 0 Å². The van der Waals surface area contributed by atoms with E-state index in [1.165, 1.54) is 0 Å². The molecule has 1 unspecified atom stereocenters. The first-order valence-electron chi connectivity index (χ1n) is 7.31. The van der Waals surface area contributed by atoms with Crippen molar-refractivity contribution in [2.75, 3.05) is 33.7 Å². The van der Waals surface area contributed by atoms with E-state index < -0.39 is 10.0 Å². The Morgan fingerprint density at radius 3 is 2.67 bits per heavy atom. The second-order valence-electron chi connectivity index (χ2n) is 5.80. The molecule has 21 heavy (non-hydrogen) atoms. The van der Waals surface area contributed by atoms with Crippen LogP contribution in [0.2, 0.25) is 0 Å². The topological polar surface area (TPSA) is 52.7 Å². The molecule has 1 fully saturated rings. The lowest BCUT2D eigenvalue weighted by Crippen LogP contribution is -2.52. The van der Waals surface area contributed by atoms with Gasteiger partial charge in [-0.25, -0.2) is 8.42 Å². The molecule has 0 aromatic heterocycles. The van der Waals surface area contributed by atoms with E-state index in [0.717, 1.165) is 24.2 Å². The Bertz CT molecular complexity index is 601. The Labute approximate surface area is 128 Å². The molecule has 0 aliphatic carbocycles. The fourth-order valence-corrected chi connectivity index (χ4v) is 4.81. The summed E-state index contributed by atoms with van der Waals surface area (Å²) in [4.78, 5) is 2.60. The normalized spacial score (nSPS) is 21.6. The smallest absolute Gasteiger partial charge is 0.243 e. The number of hydrogen-bond acceptors (Lipinski definition) is 4. The van der Waals surface area contributed by atoms with Crippen molar-refractivity contribution < 1.29 is 8.42 Å². The second kappa shape index (κ2) is 6.44. The number of nitrogens with zero attached hydrogens (tertiary/aromatic N) is 2. The minimum absolute atomic E-state index is 0.00102. The average Bonchev–Trinajstić information content (AvgIpc) is 2.40. The van der Waals surface area contributed by atoms with Gasteiger partial charge in [0.05, 0.1) is 4.90 Å². The number of nitrogens with one attached hydrogen (secondary N) is 1. The maximum Gasteiger partial charge on any atom is 0.243 e. The van der Waals surface area contributed by atoms with Crippen LogP contribution >= 0.6 is 0 Å². The zero-order valence-corrected chi connectivity index (χ0v) is 14.1. The average molecular weight is 311 g/mol. The first-order valence-corrected chi connectivity index (χ1v) is 8.75. The number of likely N-dealkylation sites (N-methyl/N-ethyl adjacent to an activating group) is 1. The number of benzene rings is 1. The van der Waals surface area contributed by atoms with E-state index in [9.17, 15) is 8.42 Å². The van der Waals surface area contributed by atoms with Crippen molar-refractivity contribution in [1.29, 1.82) is 0 Å². The summed E-state index contributed by atoms with van der Waals surface area (Å²) in [5, 5.41) is 3.08. The van der Waals surface area contributed by atoms with Crippen LogP contribution < -0.4 is 5.32 Å². The third-order valence-electron chi connectivity index (χ3n) is 4.12. The van der Waals surface area contributed by atoms with Gasteiger partial charge in [0, 0.05) is 32.2 Å². The predicted molar refractivity (Wildman–Crippen MR) is 84.8 cm³/mol. The Morgan fingerprint density at radius 2 is 2.05 bits per heavy atom. The van der Waals surface area contributed by atoms with Gasteiger partial charge in [-0.2, -0.15) is 4.31 Å². The fourth-order valence-electron chi connectivity index (χ4n) is 2.93. The van der Waals surface area contributed by atoms with Gasteiger partial charge in [0.25, 0.3) is 0 Å². The first-order chi connectivity index (χ1) is 9.87. The third-order valence-corrected chi connectivity index (χ3v) is 6.28. The molecule has 1 aliphatic heterocycles. The van der Waals surface area contributed by atoms with Gasteiger partial charge < -0.3 is 10.2 Å². The van der Waals surface area contributed by atoms with E-state index in [-0.39, 0.29) is 6.04 Å². The Balaban J connectivity index is 2.38. The van der Waals surface area contributed by atoms with Crippen LogP contribution in [0.5, 0.6) is 0 Å². The quantitative estimate of drug-likeness (QED) is 0.903. The van der Waals surface area contributed by atoms with Gasteiger partial charge in [0.1, 0.15) is 0 Å². The summed E-state index contributed by atoms with van der Waals surface area (Å²) < 4.78 is 27.6. The van der Waals surface area contributed by atoms with Crippen molar-refractivity contribution in [1.82, 2.24) is 14.5 Å². The summed E-state index contributed by atoms with van der Waals surface area (Å²) in [7, 11) is 0.464. The highest BCUT2D eigenvalue weighted by Gasteiger charge is 2.33. The molecule has 0 radical (unpaired) electrons. The maximum atomic E-state index is 13.0. The number of piperazine rings is 1. The third kappa shape index (κ3) is 3.29. The van der Waals surface area contributed by atoms with Gasteiger partial charge in [-0.05, 0) is 45.1 Å². The molecule has 0 saturated carbocycles. The summed E-state index contributed by atoms with van der Waals surface area (Å²) >= 11 is 0. The summed E-state index contributed by atoms with van der Waals surface area (Å²) in [5.74, 6) is 0. The zero-order valence-electron chi connectivity index (χ0n) is 13.3. The molecule has 6 heteroatoms. The predicted octanol–water partition coefficient (Wildman–Crippen LogP) is 1.04. The van der Waals surface area contributed by atoms with E-state index in [1.54, 1.807) is 10.4 Å². The van der Waals surface area contributed by atoms with Gasteiger partial charge in [0.2, 0.25) is 10.0 Å². The Hall–Kier alpha value is -0.950. The zero-order chi connectivity index (χ0) is 15.6. The van der Waals surface area contributed by atoms with Crippen LogP contribution in [0.3, 0.4) is 0 Å². The molecule has 1 N–H and O–H groups in total. The summed E-state index contributed by atoms with van der Waals surface area (Å²) in [5.41, 5.74) is 1.87. The SMILES string of the molecule is CNCc1cccc(S(=O)(=O)N2CCN(C)CC2C)c1C. The monoisotopic (exact) mass is 311 g/mol. The lowest BCUT2D eigenvalue weighted by molar-refractivity contribution is 0.170. The molecule has 0 bridgehead atoms. The second-order valence-corrected chi connectivity index (χ2v) is 7.66. The Kier molecular flexibility index (Phi) is 5.03. The molecule has 1 heterocycles. The molecular weight excluding hydrogens is 286 g/mol. The number of hydrogen-bond donors (Lipinski definition) is 1. The summed E-state index contributed by atoms with van der Waals surface area (Å²) in [6, 6.07) is 5.52. The highest BCUT2D eigenvalue weighted by molar-refractivity contribution is 7.89. The largest absolute Gasteiger partial charge is 0.316 e. The highest BCUT2D eigenvalue weighted by atomic mass is 32.2. The van der Waals surface area contributed by atoms with E-state index >= 15 is 0 Å². The van der Waals surface area contributed by atoms with Crippen LogP contribution in [0.1, 0.15) is 18.1 Å². The molecule has 1 saturated heterocycles. The summed E-state index contributed by atoms with van der Waals surface area (Å²) in [6.07, 6.45) is 0. The van der Waals surface area contributed by atoms with Crippen LogP contribution in [-0.4, -0.2) is 57.4 Å². The molecular formula is C15H25N3O2S. The van der Waals surface area contributed by atoms with Gasteiger partial charge in [0.15, 0.2) is 0 Å². The minimum atomic E-state index is -3.43. The Morgan fingerprint density at radius 1 is 1.33 bits per heavy atom. The number of sulfonamides is 1. The fraction of sp³-hybridized carbons (Fsp3) is 0.600. The van der Waals surface area contributed by atoms with E-state index in [2.05, 4.69) is 10.2 Å². The lowest BCUT2D eigenvalue weighted by atomic mass is 10.1. The first kappa shape index (κ1) is 16.4. The molecule has 1 aromatic carbocycles. The van der Waals surface area contributed by atoms with Crippen LogP contribution in [-0.2, 0) is 16.6 Å². The van der Waals surface area contributed by atoms with E-state index in [4.69, 9.17) is 0 Å². The van der Waals surface area contributed by atoms with Gasteiger partial charge in [-0.3, -0.25) is 0 Å². The number of rotatable bonds is 4. The summed E-state index contributed by atoms with van der Waals surface area (Å²) in [6.45, 7) is 6.64.